The van der Waals surface area contributed by atoms with Crippen LogP contribution in [0.15, 0.2) is 18.2 Å². The van der Waals surface area contributed by atoms with E-state index in [2.05, 4.69) is 0 Å². The second kappa shape index (κ2) is 5.72. The van der Waals surface area contributed by atoms with Crippen LogP contribution < -0.4 is 10.5 Å². The maximum atomic E-state index is 7.40. The number of halogens is 1. The molecule has 1 atom stereocenters. The smallest absolute Gasteiger partial charge is 0.131 e. The van der Waals surface area contributed by atoms with E-state index in [0.29, 0.717) is 22.9 Å². The molecule has 88 valence electrons. The normalized spacial score (nSPS) is 12.2. The van der Waals surface area contributed by atoms with Crippen LogP contribution in [0, 0.1) is 5.41 Å². The molecule has 0 heterocycles. The Kier molecular flexibility index (Phi) is 4.58. The molecule has 1 rings (SSSR count). The van der Waals surface area contributed by atoms with Crippen LogP contribution in [0.25, 0.3) is 0 Å². The highest BCUT2D eigenvalue weighted by Crippen LogP contribution is 2.23. The minimum Gasteiger partial charge on any atom is -0.490 e. The van der Waals surface area contributed by atoms with Gasteiger partial charge in [0.2, 0.25) is 0 Å². The number of hydrogen-bond acceptors (Lipinski definition) is 3. The van der Waals surface area contributed by atoms with Gasteiger partial charge in [-0.05, 0) is 25.1 Å². The fourth-order valence-electron chi connectivity index (χ4n) is 1.11. The van der Waals surface area contributed by atoms with Gasteiger partial charge in [-0.3, -0.25) is 5.41 Å². The number of nitrogens with one attached hydrogen (secondary N) is 1. The van der Waals surface area contributed by atoms with Gasteiger partial charge in [0.25, 0.3) is 0 Å². The first-order valence-corrected chi connectivity index (χ1v) is 5.22. The number of ether oxygens (including phenoxy) is 2. The van der Waals surface area contributed by atoms with Crippen molar-refractivity contribution >= 4 is 17.4 Å². The molecular formula is C11H15ClN2O2. The summed E-state index contributed by atoms with van der Waals surface area (Å²) >= 11 is 5.85. The van der Waals surface area contributed by atoms with E-state index >= 15 is 0 Å². The number of amidine groups is 1. The van der Waals surface area contributed by atoms with E-state index in [9.17, 15) is 0 Å². The molecule has 0 spiro atoms. The topological polar surface area (TPSA) is 68.3 Å². The number of nitrogens with two attached hydrogens (primary N) is 1. The van der Waals surface area contributed by atoms with Crippen molar-refractivity contribution in [2.24, 2.45) is 5.73 Å². The van der Waals surface area contributed by atoms with Gasteiger partial charge in [0.05, 0.1) is 11.7 Å². The largest absolute Gasteiger partial charge is 0.490 e. The van der Waals surface area contributed by atoms with Crippen molar-refractivity contribution in [3.63, 3.8) is 0 Å². The summed E-state index contributed by atoms with van der Waals surface area (Å²) in [4.78, 5) is 0. The van der Waals surface area contributed by atoms with Crippen molar-refractivity contribution in [2.45, 2.75) is 13.0 Å². The zero-order valence-electron chi connectivity index (χ0n) is 9.29. The molecule has 0 aliphatic rings. The van der Waals surface area contributed by atoms with Gasteiger partial charge in [0, 0.05) is 12.1 Å². The summed E-state index contributed by atoms with van der Waals surface area (Å²) in [6, 6.07) is 4.98. The van der Waals surface area contributed by atoms with Gasteiger partial charge in [-0.1, -0.05) is 11.6 Å². The van der Waals surface area contributed by atoms with Gasteiger partial charge in [0.15, 0.2) is 0 Å². The minimum atomic E-state index is -0.0447. The summed E-state index contributed by atoms with van der Waals surface area (Å²) in [5.41, 5.74) is 5.97. The van der Waals surface area contributed by atoms with Crippen molar-refractivity contribution in [1.82, 2.24) is 0 Å². The molecule has 0 aromatic heterocycles. The predicted octanol–water partition coefficient (Wildman–Crippen LogP) is 2.04. The van der Waals surface area contributed by atoms with Crippen LogP contribution in [0.1, 0.15) is 12.5 Å². The summed E-state index contributed by atoms with van der Waals surface area (Å²) in [6.45, 7) is 2.27. The molecule has 0 saturated heterocycles. The third kappa shape index (κ3) is 3.40. The molecule has 0 fully saturated rings. The molecule has 5 heteroatoms. The van der Waals surface area contributed by atoms with E-state index in [1.165, 1.54) is 0 Å². The third-order valence-electron chi connectivity index (χ3n) is 2.11. The lowest BCUT2D eigenvalue weighted by atomic mass is 10.2. The fraction of sp³-hybridized carbons (Fsp3) is 0.364. The molecule has 16 heavy (non-hydrogen) atoms. The third-order valence-corrected chi connectivity index (χ3v) is 2.34. The molecular weight excluding hydrogens is 228 g/mol. The maximum absolute atomic E-state index is 7.40. The van der Waals surface area contributed by atoms with Gasteiger partial charge < -0.3 is 15.2 Å². The maximum Gasteiger partial charge on any atom is 0.131 e. The second-order valence-corrected chi connectivity index (χ2v) is 3.85. The molecule has 1 aromatic rings. The Labute approximate surface area is 99.8 Å². The summed E-state index contributed by atoms with van der Waals surface area (Å²) in [7, 11) is 1.61. The molecule has 0 radical (unpaired) electrons. The van der Waals surface area contributed by atoms with Crippen LogP contribution in [-0.2, 0) is 4.74 Å². The summed E-state index contributed by atoms with van der Waals surface area (Å²) in [5.74, 6) is 0.459. The molecule has 1 unspecified atom stereocenters. The highest BCUT2D eigenvalue weighted by atomic mass is 35.5. The van der Waals surface area contributed by atoms with Crippen LogP contribution >= 0.6 is 11.6 Å². The van der Waals surface area contributed by atoms with E-state index in [-0.39, 0.29) is 11.9 Å². The molecule has 0 aliphatic carbocycles. The zero-order valence-corrected chi connectivity index (χ0v) is 10.0. The number of nitrogen functional groups attached to an aromatic ring is 1. The molecule has 0 amide bonds. The molecule has 4 nitrogen and oxygen atoms in total. The predicted molar refractivity (Wildman–Crippen MR) is 64.4 cm³/mol. The lowest BCUT2D eigenvalue weighted by molar-refractivity contribution is 0.0716. The summed E-state index contributed by atoms with van der Waals surface area (Å²) in [6.07, 6.45) is -0.0289. The van der Waals surface area contributed by atoms with Gasteiger partial charge in [0.1, 0.15) is 18.2 Å². The zero-order chi connectivity index (χ0) is 12.1. The Hall–Kier alpha value is -1.26. The van der Waals surface area contributed by atoms with Crippen molar-refractivity contribution < 1.29 is 9.47 Å². The van der Waals surface area contributed by atoms with Crippen molar-refractivity contribution in [1.29, 1.82) is 5.41 Å². The minimum absolute atomic E-state index is 0.0289. The van der Waals surface area contributed by atoms with Crippen LogP contribution in [0.3, 0.4) is 0 Å². The average molecular weight is 243 g/mol. The highest BCUT2D eigenvalue weighted by molar-refractivity contribution is 6.30. The highest BCUT2D eigenvalue weighted by Gasteiger charge is 2.09. The van der Waals surface area contributed by atoms with Crippen LogP contribution in [0.2, 0.25) is 5.02 Å². The van der Waals surface area contributed by atoms with Crippen LogP contribution in [0.4, 0.5) is 0 Å². The van der Waals surface area contributed by atoms with Gasteiger partial charge in [-0.2, -0.15) is 0 Å². The number of benzene rings is 1. The first-order chi connectivity index (χ1) is 7.54. The van der Waals surface area contributed by atoms with Crippen molar-refractivity contribution in [3.8, 4) is 5.75 Å². The van der Waals surface area contributed by atoms with E-state index in [1.54, 1.807) is 25.3 Å². The van der Waals surface area contributed by atoms with Gasteiger partial charge >= 0.3 is 0 Å². The number of rotatable bonds is 5. The Bertz CT molecular complexity index is 382. The standard InChI is InChI=1S/C11H15ClN2O2/c1-7(15-2)6-16-10-5-8(12)3-4-9(10)11(13)14/h3-5,7H,6H2,1-2H3,(H3,13,14). The average Bonchev–Trinajstić information content (AvgIpc) is 2.25. The summed E-state index contributed by atoms with van der Waals surface area (Å²) < 4.78 is 10.6. The first-order valence-electron chi connectivity index (χ1n) is 4.84. The van der Waals surface area contributed by atoms with Crippen molar-refractivity contribution in [3.05, 3.63) is 28.8 Å². The van der Waals surface area contributed by atoms with E-state index in [4.69, 9.17) is 32.2 Å². The van der Waals surface area contributed by atoms with Crippen molar-refractivity contribution in [2.75, 3.05) is 13.7 Å². The van der Waals surface area contributed by atoms with Gasteiger partial charge in [-0.25, -0.2) is 0 Å². The SMILES string of the molecule is COC(C)COc1cc(Cl)ccc1C(=N)N. The Morgan fingerprint density at radius 3 is 2.81 bits per heavy atom. The number of hydrogen-bond donors (Lipinski definition) is 2. The van der Waals surface area contributed by atoms with Crippen LogP contribution in [-0.4, -0.2) is 25.7 Å². The lowest BCUT2D eigenvalue weighted by Crippen LogP contribution is -2.19. The van der Waals surface area contributed by atoms with Crippen LogP contribution in [0.5, 0.6) is 5.75 Å². The molecule has 3 N–H and O–H groups in total. The summed E-state index contributed by atoms with van der Waals surface area (Å²) in [5, 5.41) is 7.95. The Morgan fingerprint density at radius 2 is 2.25 bits per heavy atom. The lowest BCUT2D eigenvalue weighted by Gasteiger charge is -2.14. The fourth-order valence-corrected chi connectivity index (χ4v) is 1.28. The molecule has 0 bridgehead atoms. The molecule has 0 saturated carbocycles. The molecule has 0 aliphatic heterocycles. The van der Waals surface area contributed by atoms with E-state index < -0.39 is 0 Å². The Morgan fingerprint density at radius 1 is 1.56 bits per heavy atom. The monoisotopic (exact) mass is 242 g/mol. The Balaban J connectivity index is 2.84. The first kappa shape index (κ1) is 12.8. The molecule has 1 aromatic carbocycles. The van der Waals surface area contributed by atoms with Gasteiger partial charge in [-0.15, -0.1) is 0 Å². The van der Waals surface area contributed by atoms with E-state index in [1.807, 2.05) is 6.92 Å². The number of methoxy groups -OCH3 is 1. The quantitative estimate of drug-likeness (QED) is 0.613. The van der Waals surface area contributed by atoms with E-state index in [0.717, 1.165) is 0 Å². The second-order valence-electron chi connectivity index (χ2n) is 3.41.